The van der Waals surface area contributed by atoms with Crippen molar-refractivity contribution in [3.8, 4) is 0 Å². The van der Waals surface area contributed by atoms with Crippen LogP contribution >= 0.6 is 27.3 Å². The molecule has 5 heteroatoms. The van der Waals surface area contributed by atoms with E-state index in [2.05, 4.69) is 21.2 Å². The van der Waals surface area contributed by atoms with Gasteiger partial charge in [0.05, 0.1) is 11.4 Å². The quantitative estimate of drug-likeness (QED) is 0.688. The first kappa shape index (κ1) is 14.1. The second-order valence-corrected chi connectivity index (χ2v) is 6.58. The fourth-order valence-corrected chi connectivity index (χ4v) is 3.54. The molecule has 0 unspecified atom stereocenters. The zero-order valence-corrected chi connectivity index (χ0v) is 13.7. The summed E-state index contributed by atoms with van der Waals surface area (Å²) in [6, 6.07) is 13.5. The molecule has 0 radical (unpaired) electrons. The van der Waals surface area contributed by atoms with Crippen molar-refractivity contribution in [2.75, 3.05) is 11.1 Å². The number of anilines is 2. The summed E-state index contributed by atoms with van der Waals surface area (Å²) in [6.07, 6.45) is 0. The molecule has 0 spiro atoms. The SMILES string of the molecule is Cc1cccc(NC(=O)c2sc3ccccc3c2N)c1Br. The summed E-state index contributed by atoms with van der Waals surface area (Å²) in [5.41, 5.74) is 8.45. The number of nitrogen functional groups attached to an aromatic ring is 1. The lowest BCUT2D eigenvalue weighted by atomic mass is 10.2. The lowest BCUT2D eigenvalue weighted by Crippen LogP contribution is -2.12. The summed E-state index contributed by atoms with van der Waals surface area (Å²) in [5, 5.41) is 3.84. The highest BCUT2D eigenvalue weighted by molar-refractivity contribution is 9.10. The fourth-order valence-electron chi connectivity index (χ4n) is 2.16. The molecule has 0 aliphatic carbocycles. The topological polar surface area (TPSA) is 55.1 Å². The van der Waals surface area contributed by atoms with Crippen LogP contribution in [0.1, 0.15) is 15.2 Å². The Kier molecular flexibility index (Phi) is 3.69. The van der Waals surface area contributed by atoms with Crippen molar-refractivity contribution in [2.45, 2.75) is 6.92 Å². The van der Waals surface area contributed by atoms with Gasteiger partial charge in [0.2, 0.25) is 0 Å². The van der Waals surface area contributed by atoms with Crippen molar-refractivity contribution < 1.29 is 4.79 Å². The van der Waals surface area contributed by atoms with Crippen molar-refractivity contribution in [3.05, 3.63) is 57.4 Å². The summed E-state index contributed by atoms with van der Waals surface area (Å²) < 4.78 is 1.90. The lowest BCUT2D eigenvalue weighted by molar-refractivity contribution is 0.103. The number of amides is 1. The highest BCUT2D eigenvalue weighted by Gasteiger charge is 2.17. The van der Waals surface area contributed by atoms with E-state index in [-0.39, 0.29) is 5.91 Å². The second kappa shape index (κ2) is 5.50. The third-order valence-corrected chi connectivity index (χ3v) is 5.52. The van der Waals surface area contributed by atoms with Crippen LogP contribution < -0.4 is 11.1 Å². The van der Waals surface area contributed by atoms with Crippen LogP contribution in [-0.2, 0) is 0 Å². The van der Waals surface area contributed by atoms with Gasteiger partial charge in [-0.3, -0.25) is 4.79 Å². The molecule has 1 amide bonds. The van der Waals surface area contributed by atoms with Crippen LogP contribution in [0.3, 0.4) is 0 Å². The number of benzene rings is 2. The highest BCUT2D eigenvalue weighted by Crippen LogP contribution is 2.34. The van der Waals surface area contributed by atoms with Crippen LogP contribution in [0.25, 0.3) is 10.1 Å². The maximum absolute atomic E-state index is 12.5. The maximum atomic E-state index is 12.5. The largest absolute Gasteiger partial charge is 0.397 e. The molecule has 106 valence electrons. The van der Waals surface area contributed by atoms with Crippen LogP contribution in [0.4, 0.5) is 11.4 Å². The van der Waals surface area contributed by atoms with E-state index in [0.29, 0.717) is 10.6 Å². The number of carbonyl (C=O) groups is 1. The minimum Gasteiger partial charge on any atom is -0.397 e. The molecular formula is C16H13BrN2OS. The number of hydrogen-bond donors (Lipinski definition) is 2. The molecule has 1 aromatic heterocycles. The van der Waals surface area contributed by atoms with Gasteiger partial charge in [0.15, 0.2) is 0 Å². The highest BCUT2D eigenvalue weighted by atomic mass is 79.9. The van der Waals surface area contributed by atoms with Crippen LogP contribution in [-0.4, -0.2) is 5.91 Å². The Labute approximate surface area is 134 Å². The molecule has 0 aliphatic rings. The molecule has 0 bridgehead atoms. The third kappa shape index (κ3) is 2.54. The van der Waals surface area contributed by atoms with Gasteiger partial charge in [0.25, 0.3) is 5.91 Å². The van der Waals surface area contributed by atoms with E-state index in [1.54, 1.807) is 0 Å². The number of carbonyl (C=O) groups excluding carboxylic acids is 1. The predicted molar refractivity (Wildman–Crippen MR) is 93.1 cm³/mol. The van der Waals surface area contributed by atoms with Crippen molar-refractivity contribution in [2.24, 2.45) is 0 Å². The third-order valence-electron chi connectivity index (χ3n) is 3.28. The van der Waals surface area contributed by atoms with E-state index in [0.717, 1.165) is 25.8 Å². The Balaban J connectivity index is 1.97. The molecule has 0 atom stereocenters. The summed E-state index contributed by atoms with van der Waals surface area (Å²) in [5.74, 6) is -0.181. The van der Waals surface area contributed by atoms with Crippen molar-refractivity contribution in [3.63, 3.8) is 0 Å². The average Bonchev–Trinajstić information content (AvgIpc) is 2.82. The van der Waals surface area contributed by atoms with Gasteiger partial charge in [-0.1, -0.05) is 30.3 Å². The molecule has 1 heterocycles. The van der Waals surface area contributed by atoms with Crippen molar-refractivity contribution >= 4 is 54.6 Å². The first-order valence-corrected chi connectivity index (χ1v) is 8.02. The standard InChI is InChI=1S/C16H13BrN2OS/c1-9-5-4-7-11(13(9)17)19-16(20)15-14(18)10-6-2-3-8-12(10)21-15/h2-8H,18H2,1H3,(H,19,20). The van der Waals surface area contributed by atoms with E-state index in [9.17, 15) is 4.79 Å². The molecule has 3 N–H and O–H groups in total. The number of rotatable bonds is 2. The van der Waals surface area contributed by atoms with E-state index in [1.807, 2.05) is 49.4 Å². The van der Waals surface area contributed by atoms with Crippen LogP contribution in [0.5, 0.6) is 0 Å². The number of fused-ring (bicyclic) bond motifs is 1. The van der Waals surface area contributed by atoms with Crippen LogP contribution in [0, 0.1) is 6.92 Å². The molecule has 0 aliphatic heterocycles. The minimum absolute atomic E-state index is 0.181. The van der Waals surface area contributed by atoms with Gasteiger partial charge in [-0.25, -0.2) is 0 Å². The van der Waals surface area contributed by atoms with Gasteiger partial charge in [0.1, 0.15) is 4.88 Å². The second-order valence-electron chi connectivity index (χ2n) is 4.73. The van der Waals surface area contributed by atoms with Gasteiger partial charge in [0, 0.05) is 14.6 Å². The van der Waals surface area contributed by atoms with Crippen LogP contribution in [0.15, 0.2) is 46.9 Å². The zero-order chi connectivity index (χ0) is 15.0. The first-order valence-electron chi connectivity index (χ1n) is 6.41. The van der Waals surface area contributed by atoms with Crippen molar-refractivity contribution in [1.29, 1.82) is 0 Å². The van der Waals surface area contributed by atoms with Gasteiger partial charge in [-0.15, -0.1) is 11.3 Å². The molecule has 2 aromatic carbocycles. The number of halogens is 1. The summed E-state index contributed by atoms with van der Waals surface area (Å²) in [4.78, 5) is 13.0. The van der Waals surface area contributed by atoms with Gasteiger partial charge in [-0.05, 0) is 40.5 Å². The average molecular weight is 361 g/mol. The Morgan fingerprint density at radius 3 is 2.71 bits per heavy atom. The maximum Gasteiger partial charge on any atom is 0.267 e. The van der Waals surface area contributed by atoms with Gasteiger partial charge in [-0.2, -0.15) is 0 Å². The van der Waals surface area contributed by atoms with E-state index >= 15 is 0 Å². The molecule has 3 aromatic rings. The molecule has 0 fully saturated rings. The van der Waals surface area contributed by atoms with E-state index in [4.69, 9.17) is 5.73 Å². The Morgan fingerprint density at radius 2 is 1.95 bits per heavy atom. The van der Waals surface area contributed by atoms with Crippen LogP contribution in [0.2, 0.25) is 0 Å². The Morgan fingerprint density at radius 1 is 1.19 bits per heavy atom. The monoisotopic (exact) mass is 360 g/mol. The minimum atomic E-state index is -0.181. The molecule has 3 rings (SSSR count). The Hall–Kier alpha value is -1.85. The van der Waals surface area contributed by atoms with E-state index in [1.165, 1.54) is 11.3 Å². The summed E-state index contributed by atoms with van der Waals surface area (Å²) >= 11 is 4.90. The number of hydrogen-bond acceptors (Lipinski definition) is 3. The number of nitrogens with one attached hydrogen (secondary N) is 1. The fraction of sp³-hybridized carbons (Fsp3) is 0.0625. The lowest BCUT2D eigenvalue weighted by Gasteiger charge is -2.08. The smallest absolute Gasteiger partial charge is 0.267 e. The molecular weight excluding hydrogens is 348 g/mol. The normalized spacial score (nSPS) is 10.8. The van der Waals surface area contributed by atoms with Crippen molar-refractivity contribution in [1.82, 2.24) is 0 Å². The number of aryl methyl sites for hydroxylation is 1. The van der Waals surface area contributed by atoms with Gasteiger partial charge >= 0.3 is 0 Å². The predicted octanol–water partition coefficient (Wildman–Crippen LogP) is 4.81. The summed E-state index contributed by atoms with van der Waals surface area (Å²) in [7, 11) is 0. The molecule has 21 heavy (non-hydrogen) atoms. The van der Waals surface area contributed by atoms with Gasteiger partial charge < -0.3 is 11.1 Å². The first-order chi connectivity index (χ1) is 10.1. The number of nitrogens with two attached hydrogens (primary N) is 1. The Bertz CT molecular complexity index is 841. The van der Waals surface area contributed by atoms with E-state index < -0.39 is 0 Å². The zero-order valence-electron chi connectivity index (χ0n) is 11.3. The molecule has 0 saturated carbocycles. The summed E-state index contributed by atoms with van der Waals surface area (Å²) in [6.45, 7) is 1.98. The molecule has 0 saturated heterocycles. The molecule has 3 nitrogen and oxygen atoms in total. The number of thiophene rings is 1.